The molecule has 0 bridgehead atoms. The van der Waals surface area contributed by atoms with E-state index < -0.39 is 0 Å². The summed E-state index contributed by atoms with van der Waals surface area (Å²) >= 11 is 6.04. The van der Waals surface area contributed by atoms with Gasteiger partial charge in [-0.05, 0) is 18.2 Å². The number of anilines is 2. The largest absolute Gasteiger partial charge is 0.340 e. The zero-order chi connectivity index (χ0) is 14.8. The molecule has 0 aliphatic rings. The lowest BCUT2D eigenvalue weighted by Gasteiger charge is -2.17. The molecule has 0 fully saturated rings. The van der Waals surface area contributed by atoms with Gasteiger partial charge in [-0.1, -0.05) is 38.4 Å². The fourth-order valence-electron chi connectivity index (χ4n) is 1.63. The quantitative estimate of drug-likeness (QED) is 0.846. The Kier molecular flexibility index (Phi) is 3.91. The molecule has 1 aromatic heterocycles. The summed E-state index contributed by atoms with van der Waals surface area (Å²) < 4.78 is 0. The first-order valence-electron chi connectivity index (χ1n) is 6.21. The van der Waals surface area contributed by atoms with Gasteiger partial charge in [-0.25, -0.2) is 9.97 Å². The summed E-state index contributed by atoms with van der Waals surface area (Å²) in [5, 5.41) is 12.4. The van der Waals surface area contributed by atoms with Crippen molar-refractivity contribution in [3.05, 3.63) is 46.9 Å². The molecule has 5 heteroatoms. The average Bonchev–Trinajstić information content (AvgIpc) is 2.37. The Morgan fingerprint density at radius 1 is 1.20 bits per heavy atom. The number of nitriles is 1. The van der Waals surface area contributed by atoms with Crippen molar-refractivity contribution in [1.29, 1.82) is 5.26 Å². The highest BCUT2D eigenvalue weighted by atomic mass is 35.5. The first-order chi connectivity index (χ1) is 9.38. The van der Waals surface area contributed by atoms with E-state index in [9.17, 15) is 0 Å². The van der Waals surface area contributed by atoms with E-state index in [1.165, 1.54) is 0 Å². The topological polar surface area (TPSA) is 61.6 Å². The first-order valence-corrected chi connectivity index (χ1v) is 6.58. The maximum absolute atomic E-state index is 8.90. The average molecular weight is 287 g/mol. The Bertz CT molecular complexity index is 668. The number of nitrogens with zero attached hydrogens (tertiary/aromatic N) is 3. The van der Waals surface area contributed by atoms with Crippen molar-refractivity contribution in [2.75, 3.05) is 5.32 Å². The van der Waals surface area contributed by atoms with Crippen LogP contribution in [0.3, 0.4) is 0 Å². The number of hydrogen-bond acceptors (Lipinski definition) is 4. The van der Waals surface area contributed by atoms with Crippen molar-refractivity contribution >= 4 is 23.1 Å². The van der Waals surface area contributed by atoms with Gasteiger partial charge < -0.3 is 5.32 Å². The van der Waals surface area contributed by atoms with Gasteiger partial charge in [-0.2, -0.15) is 5.26 Å². The van der Waals surface area contributed by atoms with Crippen LogP contribution >= 0.6 is 11.6 Å². The van der Waals surface area contributed by atoms with Crippen molar-refractivity contribution in [2.45, 2.75) is 26.2 Å². The second-order valence-corrected chi connectivity index (χ2v) is 5.85. The normalized spacial score (nSPS) is 10.9. The number of benzene rings is 1. The molecule has 1 N–H and O–H groups in total. The lowest BCUT2D eigenvalue weighted by atomic mass is 9.96. The van der Waals surface area contributed by atoms with Gasteiger partial charge in [-0.3, -0.25) is 0 Å². The van der Waals surface area contributed by atoms with Crippen LogP contribution in [0.15, 0.2) is 30.3 Å². The third-order valence-corrected chi connectivity index (χ3v) is 2.82. The van der Waals surface area contributed by atoms with Gasteiger partial charge in [0.05, 0.1) is 11.6 Å². The van der Waals surface area contributed by atoms with Crippen LogP contribution < -0.4 is 5.32 Å². The summed E-state index contributed by atoms with van der Waals surface area (Å²) in [5.41, 5.74) is 1.19. The van der Waals surface area contributed by atoms with Gasteiger partial charge in [0, 0.05) is 17.2 Å². The zero-order valence-electron chi connectivity index (χ0n) is 11.6. The van der Waals surface area contributed by atoms with E-state index in [1.54, 1.807) is 18.2 Å². The number of halogens is 1. The predicted octanol–water partition coefficient (Wildman–Crippen LogP) is 4.04. The minimum Gasteiger partial charge on any atom is -0.340 e. The molecule has 0 saturated carbocycles. The number of hydrogen-bond donors (Lipinski definition) is 1. The Morgan fingerprint density at radius 3 is 2.60 bits per heavy atom. The van der Waals surface area contributed by atoms with E-state index in [0.29, 0.717) is 22.4 Å². The molecule has 1 heterocycles. The van der Waals surface area contributed by atoms with Gasteiger partial charge in [-0.15, -0.1) is 0 Å². The molecule has 2 rings (SSSR count). The lowest BCUT2D eigenvalue weighted by Crippen LogP contribution is -2.16. The van der Waals surface area contributed by atoms with Crippen LogP contribution in [-0.2, 0) is 5.41 Å². The van der Waals surface area contributed by atoms with E-state index in [1.807, 2.05) is 32.9 Å². The van der Waals surface area contributed by atoms with Crippen molar-refractivity contribution in [1.82, 2.24) is 9.97 Å². The predicted molar refractivity (Wildman–Crippen MR) is 80.2 cm³/mol. The lowest BCUT2D eigenvalue weighted by molar-refractivity contribution is 0.546. The van der Waals surface area contributed by atoms with E-state index in [4.69, 9.17) is 16.9 Å². The minimum absolute atomic E-state index is 0.185. The highest BCUT2D eigenvalue weighted by Gasteiger charge is 2.18. The molecule has 0 radical (unpaired) electrons. The highest BCUT2D eigenvalue weighted by molar-refractivity contribution is 6.29. The molecule has 4 nitrogen and oxygen atoms in total. The van der Waals surface area contributed by atoms with Crippen molar-refractivity contribution in [3.8, 4) is 6.07 Å². The minimum atomic E-state index is -0.185. The fraction of sp³-hybridized carbons (Fsp3) is 0.267. The number of rotatable bonds is 2. The summed E-state index contributed by atoms with van der Waals surface area (Å²) in [7, 11) is 0. The van der Waals surface area contributed by atoms with Crippen LogP contribution in [-0.4, -0.2) is 9.97 Å². The van der Waals surface area contributed by atoms with Crippen molar-refractivity contribution in [3.63, 3.8) is 0 Å². The Balaban J connectivity index is 2.34. The van der Waals surface area contributed by atoms with E-state index in [2.05, 4.69) is 21.4 Å². The summed E-state index contributed by atoms with van der Waals surface area (Å²) in [6, 6.07) is 11.0. The van der Waals surface area contributed by atoms with Gasteiger partial charge in [0.25, 0.3) is 0 Å². The number of nitrogens with one attached hydrogen (secondary N) is 1. The SMILES string of the molecule is CC(C)(C)c1nc(Cl)cc(Nc2cccc(C#N)c2)n1. The van der Waals surface area contributed by atoms with Gasteiger partial charge in [0.1, 0.15) is 16.8 Å². The second kappa shape index (κ2) is 5.48. The fourth-order valence-corrected chi connectivity index (χ4v) is 1.81. The van der Waals surface area contributed by atoms with Crippen LogP contribution in [0.2, 0.25) is 5.15 Å². The van der Waals surface area contributed by atoms with Gasteiger partial charge in [0.15, 0.2) is 0 Å². The van der Waals surface area contributed by atoms with Crippen LogP contribution in [0, 0.1) is 11.3 Å². The second-order valence-electron chi connectivity index (χ2n) is 5.47. The molecule has 0 aliphatic heterocycles. The molecule has 20 heavy (non-hydrogen) atoms. The maximum Gasteiger partial charge on any atom is 0.137 e. The molecular formula is C15H15ClN4. The molecular weight excluding hydrogens is 272 g/mol. The molecule has 2 aromatic rings. The zero-order valence-corrected chi connectivity index (χ0v) is 12.4. The highest BCUT2D eigenvalue weighted by Crippen LogP contribution is 2.24. The van der Waals surface area contributed by atoms with Gasteiger partial charge >= 0.3 is 0 Å². The van der Waals surface area contributed by atoms with E-state index >= 15 is 0 Å². The number of aromatic nitrogens is 2. The summed E-state index contributed by atoms with van der Waals surface area (Å²) in [6.07, 6.45) is 0. The molecule has 1 aromatic carbocycles. The molecule has 0 saturated heterocycles. The van der Waals surface area contributed by atoms with Crippen LogP contribution in [0.5, 0.6) is 0 Å². The third-order valence-electron chi connectivity index (χ3n) is 2.63. The Hall–Kier alpha value is -2.12. The van der Waals surface area contributed by atoms with Crippen LogP contribution in [0.4, 0.5) is 11.5 Å². The Morgan fingerprint density at radius 2 is 1.95 bits per heavy atom. The maximum atomic E-state index is 8.90. The summed E-state index contributed by atoms with van der Waals surface area (Å²) in [6.45, 7) is 6.08. The first kappa shape index (κ1) is 14.3. The van der Waals surface area contributed by atoms with Crippen molar-refractivity contribution < 1.29 is 0 Å². The summed E-state index contributed by atoms with van der Waals surface area (Å²) in [5.74, 6) is 1.29. The molecule has 0 spiro atoms. The van der Waals surface area contributed by atoms with E-state index in [-0.39, 0.29) is 5.41 Å². The van der Waals surface area contributed by atoms with Crippen LogP contribution in [0.1, 0.15) is 32.2 Å². The molecule has 102 valence electrons. The standard InChI is InChI=1S/C15H15ClN4/c1-15(2,3)14-19-12(16)8-13(20-14)18-11-6-4-5-10(7-11)9-17/h4-8H,1-3H3,(H,18,19,20). The Labute approximate surface area is 123 Å². The van der Waals surface area contributed by atoms with E-state index in [0.717, 1.165) is 5.69 Å². The molecule has 0 aliphatic carbocycles. The summed E-state index contributed by atoms with van der Waals surface area (Å²) in [4.78, 5) is 8.71. The van der Waals surface area contributed by atoms with Gasteiger partial charge in [0.2, 0.25) is 0 Å². The smallest absolute Gasteiger partial charge is 0.137 e. The molecule has 0 unspecified atom stereocenters. The van der Waals surface area contributed by atoms with Crippen LogP contribution in [0.25, 0.3) is 0 Å². The third kappa shape index (κ3) is 3.46. The molecule has 0 amide bonds. The molecule has 0 atom stereocenters. The monoisotopic (exact) mass is 286 g/mol. The van der Waals surface area contributed by atoms with Crippen molar-refractivity contribution in [2.24, 2.45) is 0 Å².